The number of amides is 1. The van der Waals surface area contributed by atoms with Crippen molar-refractivity contribution in [1.29, 1.82) is 5.26 Å². The van der Waals surface area contributed by atoms with E-state index in [1.807, 2.05) is 6.07 Å². The van der Waals surface area contributed by atoms with Gasteiger partial charge in [-0.05, 0) is 47.7 Å². The Labute approximate surface area is 201 Å². The number of halogens is 2. The van der Waals surface area contributed by atoms with Crippen molar-refractivity contribution in [2.24, 2.45) is 0 Å². The van der Waals surface area contributed by atoms with Gasteiger partial charge in [-0.25, -0.2) is 18.7 Å². The van der Waals surface area contributed by atoms with Crippen molar-refractivity contribution in [3.63, 3.8) is 0 Å². The molecule has 1 aliphatic heterocycles. The molecular weight excluding hydrogens is 478 g/mol. The topological polar surface area (TPSA) is 120 Å². The lowest BCUT2D eigenvalue weighted by atomic mass is 10.2. The van der Waals surface area contributed by atoms with Crippen LogP contribution in [0.25, 0.3) is 10.9 Å². The lowest BCUT2D eigenvalue weighted by Gasteiger charge is -2.41. The van der Waals surface area contributed by atoms with Crippen molar-refractivity contribution in [2.75, 3.05) is 34.8 Å². The molecule has 0 radical (unpaired) electrons. The van der Waals surface area contributed by atoms with Crippen LogP contribution in [0.1, 0.15) is 13.3 Å². The van der Waals surface area contributed by atoms with E-state index >= 15 is 4.39 Å². The number of fused-ring (bicyclic) bond motifs is 1. The van der Waals surface area contributed by atoms with E-state index in [0.717, 1.165) is 12.5 Å². The van der Waals surface area contributed by atoms with Gasteiger partial charge >= 0.3 is 0 Å². The number of nitrogens with one attached hydrogen (secondary N) is 2. The number of benzene rings is 2. The first-order valence-corrected chi connectivity index (χ1v) is 12.9. The van der Waals surface area contributed by atoms with Crippen LogP contribution in [-0.2, 0) is 14.9 Å². The summed E-state index contributed by atoms with van der Waals surface area (Å²) in [5.41, 5.74) is 1.00. The Kier molecular flexibility index (Phi) is 6.79. The lowest BCUT2D eigenvalue weighted by Crippen LogP contribution is -2.46. The Morgan fingerprint density at radius 1 is 1.29 bits per heavy atom. The van der Waals surface area contributed by atoms with Gasteiger partial charge in [-0.15, -0.1) is 0 Å². The van der Waals surface area contributed by atoms with Crippen LogP contribution in [0.2, 0.25) is 0 Å². The zero-order valence-electron chi connectivity index (χ0n) is 19.1. The largest absolute Gasteiger partial charge is 0.481 e. The molecule has 1 aromatic heterocycles. The molecule has 0 spiro atoms. The fourth-order valence-corrected chi connectivity index (χ4v) is 5.65. The molecule has 35 heavy (non-hydrogen) atoms. The molecular formula is C23H24F2N6O3S. The number of nitriles is 1. The maximum absolute atomic E-state index is 15.2. The quantitative estimate of drug-likeness (QED) is 0.405. The highest BCUT2D eigenvalue weighted by atomic mass is 32.3. The smallest absolute Gasteiger partial charge is 0.258 e. The summed E-state index contributed by atoms with van der Waals surface area (Å²) < 4.78 is 49.1. The van der Waals surface area contributed by atoms with E-state index in [2.05, 4.69) is 20.6 Å². The van der Waals surface area contributed by atoms with Crippen LogP contribution in [0.5, 0.6) is 5.75 Å². The number of nitrogens with zero attached hydrogens (tertiary/aromatic N) is 4. The summed E-state index contributed by atoms with van der Waals surface area (Å²) >= 11 is 0. The number of carbonyl (C=O) groups excluding carboxylic acids is 1. The van der Waals surface area contributed by atoms with Crippen LogP contribution in [0.15, 0.2) is 36.7 Å². The van der Waals surface area contributed by atoms with Crippen LogP contribution in [0, 0.1) is 23.0 Å². The molecule has 2 heterocycles. The number of hydrogen-bond donors (Lipinski definition) is 3. The Morgan fingerprint density at radius 3 is 2.74 bits per heavy atom. The average Bonchev–Trinajstić information content (AvgIpc) is 2.81. The molecule has 4 rings (SSSR count). The van der Waals surface area contributed by atoms with Crippen molar-refractivity contribution >= 4 is 44.1 Å². The van der Waals surface area contributed by atoms with Crippen molar-refractivity contribution < 1.29 is 22.5 Å². The van der Waals surface area contributed by atoms with Crippen molar-refractivity contribution in [3.05, 3.63) is 48.3 Å². The summed E-state index contributed by atoms with van der Waals surface area (Å²) in [5, 5.41) is 14.2. The first-order valence-electron chi connectivity index (χ1n) is 10.8. The van der Waals surface area contributed by atoms with Gasteiger partial charge in [0.15, 0.2) is 6.61 Å². The summed E-state index contributed by atoms with van der Waals surface area (Å²) in [6.45, 7) is 1.05. The number of carbonyl (C=O) groups is 1. The second-order valence-electron chi connectivity index (χ2n) is 8.19. The number of aromatic nitrogens is 2. The summed E-state index contributed by atoms with van der Waals surface area (Å²) in [6.07, 6.45) is 2.13. The third-order valence-electron chi connectivity index (χ3n) is 5.74. The highest BCUT2D eigenvalue weighted by molar-refractivity contribution is 8.05. The fourth-order valence-electron chi connectivity index (χ4n) is 3.65. The molecule has 1 fully saturated rings. The molecule has 1 atom stereocenters. The average molecular weight is 503 g/mol. The standard InChI is InChI=1S/C23H24F2N6O3S/c1-14(11-26)29-21(32)12-34-20-8-15(24)4-5-18(20)30-23-22-17(25)9-16(10-19(22)27-13-28-23)31(2)35(33)6-3-7-35/h4-5,8-10,13-14,35H,3,6-7,12H2,1-2H3,(H,29,32)(H,27,28,30). The SMILES string of the molecule is CC(C#N)NC(=O)COc1cc(F)ccc1Nc1ncnc2cc(N(C)[SH]3(=O)CCC3)cc(F)c12. The second kappa shape index (κ2) is 9.79. The molecule has 1 unspecified atom stereocenters. The van der Waals surface area contributed by atoms with Crippen LogP contribution in [-0.4, -0.2) is 51.3 Å². The molecule has 1 aliphatic rings. The minimum atomic E-state index is -2.50. The fraction of sp³-hybridized carbons (Fsp3) is 0.304. The van der Waals surface area contributed by atoms with E-state index in [4.69, 9.17) is 10.00 Å². The van der Waals surface area contributed by atoms with Crippen molar-refractivity contribution in [2.45, 2.75) is 19.4 Å². The van der Waals surface area contributed by atoms with E-state index in [1.165, 1.54) is 31.5 Å². The van der Waals surface area contributed by atoms with E-state index in [1.54, 1.807) is 17.4 Å². The maximum Gasteiger partial charge on any atom is 0.258 e. The molecule has 9 nitrogen and oxygen atoms in total. The molecule has 0 saturated carbocycles. The van der Waals surface area contributed by atoms with E-state index < -0.39 is 40.3 Å². The number of rotatable bonds is 8. The molecule has 3 aromatic rings. The van der Waals surface area contributed by atoms with Gasteiger partial charge in [0.2, 0.25) is 0 Å². The predicted molar refractivity (Wildman–Crippen MR) is 130 cm³/mol. The molecule has 0 bridgehead atoms. The first kappa shape index (κ1) is 24.3. The van der Waals surface area contributed by atoms with Gasteiger partial charge in [0.25, 0.3) is 5.91 Å². The Balaban J connectivity index is 1.62. The molecule has 1 saturated heterocycles. The highest BCUT2D eigenvalue weighted by Gasteiger charge is 2.29. The summed E-state index contributed by atoms with van der Waals surface area (Å²) in [6, 6.07) is 7.71. The van der Waals surface area contributed by atoms with Crippen molar-refractivity contribution in [1.82, 2.24) is 15.3 Å². The molecule has 0 aliphatic carbocycles. The van der Waals surface area contributed by atoms with Gasteiger partial charge in [0, 0.05) is 24.6 Å². The maximum atomic E-state index is 15.2. The van der Waals surface area contributed by atoms with Crippen LogP contribution in [0.4, 0.5) is 26.0 Å². The van der Waals surface area contributed by atoms with Gasteiger partial charge in [-0.3, -0.25) is 9.00 Å². The monoisotopic (exact) mass is 502 g/mol. The van der Waals surface area contributed by atoms with Gasteiger partial charge in [0.1, 0.15) is 35.6 Å². The third-order valence-corrected chi connectivity index (χ3v) is 9.09. The Bertz CT molecular complexity index is 1370. The van der Waals surface area contributed by atoms with Gasteiger partial charge < -0.3 is 19.7 Å². The van der Waals surface area contributed by atoms with Gasteiger partial charge in [-0.2, -0.15) is 5.26 Å². The van der Waals surface area contributed by atoms with Gasteiger partial charge in [0.05, 0.1) is 28.3 Å². The molecule has 2 aromatic carbocycles. The zero-order valence-corrected chi connectivity index (χ0v) is 20.0. The lowest BCUT2D eigenvalue weighted by molar-refractivity contribution is -0.123. The Morgan fingerprint density at radius 2 is 2.06 bits per heavy atom. The Hall–Kier alpha value is -3.85. The normalized spacial score (nSPS) is 15.9. The minimum absolute atomic E-state index is 0.00337. The number of ether oxygens (including phenoxy) is 1. The number of hydrogen-bond acceptors (Lipinski definition) is 7. The number of anilines is 3. The van der Waals surface area contributed by atoms with E-state index in [9.17, 15) is 13.4 Å². The highest BCUT2D eigenvalue weighted by Crippen LogP contribution is 2.35. The number of thiol groups is 1. The minimum Gasteiger partial charge on any atom is -0.481 e. The summed E-state index contributed by atoms with van der Waals surface area (Å²) in [4.78, 5) is 20.2. The molecule has 184 valence electrons. The van der Waals surface area contributed by atoms with Crippen LogP contribution >= 0.6 is 0 Å². The van der Waals surface area contributed by atoms with E-state index in [-0.39, 0.29) is 22.6 Å². The predicted octanol–water partition coefficient (Wildman–Crippen LogP) is 2.83. The summed E-state index contributed by atoms with van der Waals surface area (Å²) in [5.74, 6) is -0.481. The third kappa shape index (κ3) is 5.14. The van der Waals surface area contributed by atoms with Gasteiger partial charge in [-0.1, -0.05) is 0 Å². The van der Waals surface area contributed by atoms with E-state index in [0.29, 0.717) is 22.7 Å². The first-order chi connectivity index (χ1) is 16.7. The molecule has 1 amide bonds. The van der Waals surface area contributed by atoms with Crippen LogP contribution < -0.4 is 19.7 Å². The summed E-state index contributed by atoms with van der Waals surface area (Å²) in [7, 11) is -0.813. The molecule has 2 N–H and O–H groups in total. The zero-order chi connectivity index (χ0) is 25.2. The van der Waals surface area contributed by atoms with Crippen LogP contribution in [0.3, 0.4) is 0 Å². The second-order valence-corrected chi connectivity index (χ2v) is 11.4. The van der Waals surface area contributed by atoms with Crippen molar-refractivity contribution in [3.8, 4) is 11.8 Å². The molecule has 12 heteroatoms.